The van der Waals surface area contributed by atoms with Crippen molar-refractivity contribution in [1.82, 2.24) is 0 Å². The minimum absolute atomic E-state index is 0.951. The lowest BCUT2D eigenvalue weighted by atomic mass is 10.9. The SMILES string of the molecule is CC[Si](Cl)(CC)O[Si](Cl)(CC)CC. The fourth-order valence-corrected chi connectivity index (χ4v) is 10.1. The Kier molecular flexibility index (Phi) is 6.19. The topological polar surface area (TPSA) is 9.23 Å². The largest absolute Gasteiger partial charge is 0.433 e. The maximum Gasteiger partial charge on any atom is 0.280 e. The van der Waals surface area contributed by atoms with Gasteiger partial charge in [-0.3, -0.25) is 0 Å². The first kappa shape index (κ1) is 14.0. The maximum atomic E-state index is 6.42. The molecule has 0 saturated heterocycles. The smallest absolute Gasteiger partial charge is 0.280 e. The summed E-state index contributed by atoms with van der Waals surface area (Å²) in [5.41, 5.74) is 0. The van der Waals surface area contributed by atoms with Crippen LogP contribution in [0.3, 0.4) is 0 Å². The molecule has 0 bridgehead atoms. The second-order valence-electron chi connectivity index (χ2n) is 3.28. The first-order valence-electron chi connectivity index (χ1n) is 5.03. The van der Waals surface area contributed by atoms with Crippen LogP contribution in [0.5, 0.6) is 0 Å². The highest BCUT2D eigenvalue weighted by atomic mass is 35.6. The van der Waals surface area contributed by atoms with Crippen molar-refractivity contribution in [3.63, 3.8) is 0 Å². The average molecular weight is 259 g/mol. The van der Waals surface area contributed by atoms with Gasteiger partial charge in [0.2, 0.25) is 0 Å². The van der Waals surface area contributed by atoms with Crippen LogP contribution in [0.4, 0.5) is 0 Å². The molecule has 1 nitrogen and oxygen atoms in total. The molecule has 0 aromatic rings. The average Bonchev–Trinajstić information content (AvgIpc) is 2.17. The molecule has 0 amide bonds. The molecule has 0 aliphatic heterocycles. The van der Waals surface area contributed by atoms with Gasteiger partial charge in [-0.2, -0.15) is 0 Å². The van der Waals surface area contributed by atoms with Gasteiger partial charge in [0.25, 0.3) is 15.3 Å². The van der Waals surface area contributed by atoms with Crippen LogP contribution in [0, 0.1) is 0 Å². The van der Waals surface area contributed by atoms with Gasteiger partial charge in [0.05, 0.1) is 0 Å². The predicted octanol–water partition coefficient (Wildman–Crippen LogP) is 4.44. The van der Waals surface area contributed by atoms with E-state index in [9.17, 15) is 0 Å². The summed E-state index contributed by atoms with van der Waals surface area (Å²) in [6, 6.07) is 3.80. The van der Waals surface area contributed by atoms with Crippen molar-refractivity contribution in [1.29, 1.82) is 0 Å². The highest BCUT2D eigenvalue weighted by molar-refractivity contribution is 7.26. The molecule has 0 fully saturated rings. The van der Waals surface area contributed by atoms with E-state index in [2.05, 4.69) is 27.7 Å². The molecule has 0 N–H and O–H groups in total. The minimum Gasteiger partial charge on any atom is -0.433 e. The van der Waals surface area contributed by atoms with E-state index in [1.807, 2.05) is 0 Å². The number of hydrogen-bond acceptors (Lipinski definition) is 1. The van der Waals surface area contributed by atoms with Crippen molar-refractivity contribution in [2.75, 3.05) is 0 Å². The van der Waals surface area contributed by atoms with Gasteiger partial charge in [0.1, 0.15) is 0 Å². The summed E-state index contributed by atoms with van der Waals surface area (Å²) in [7, 11) is -3.95. The maximum absolute atomic E-state index is 6.42. The third-order valence-corrected chi connectivity index (χ3v) is 14.2. The highest BCUT2D eigenvalue weighted by Gasteiger charge is 2.39. The Balaban J connectivity index is 4.36. The zero-order valence-electron chi connectivity index (χ0n) is 8.99. The lowest BCUT2D eigenvalue weighted by molar-refractivity contribution is 0.556. The molecule has 0 aliphatic rings. The minimum atomic E-state index is -1.97. The van der Waals surface area contributed by atoms with Gasteiger partial charge in [-0.1, -0.05) is 27.7 Å². The van der Waals surface area contributed by atoms with E-state index in [1.165, 1.54) is 0 Å². The first-order valence-corrected chi connectivity index (χ1v) is 11.7. The Morgan fingerprint density at radius 3 is 1.15 bits per heavy atom. The zero-order chi connectivity index (χ0) is 10.5. The molecular formula is C8H20Cl2OSi2. The molecule has 5 heteroatoms. The molecule has 0 saturated carbocycles. The Labute approximate surface area is 93.4 Å². The number of hydrogen-bond donors (Lipinski definition) is 0. The van der Waals surface area contributed by atoms with Gasteiger partial charge in [-0.15, -0.1) is 22.2 Å². The second-order valence-corrected chi connectivity index (χ2v) is 14.6. The van der Waals surface area contributed by atoms with Crippen LogP contribution in [0.1, 0.15) is 27.7 Å². The van der Waals surface area contributed by atoms with Crippen LogP contribution in [0.25, 0.3) is 0 Å². The molecule has 0 radical (unpaired) electrons. The van der Waals surface area contributed by atoms with Crippen LogP contribution in [-0.2, 0) is 4.12 Å². The summed E-state index contributed by atoms with van der Waals surface area (Å²) in [4.78, 5) is 0. The van der Waals surface area contributed by atoms with Crippen molar-refractivity contribution in [2.45, 2.75) is 51.9 Å². The third-order valence-electron chi connectivity index (χ3n) is 2.48. The monoisotopic (exact) mass is 258 g/mol. The Hall–Kier alpha value is 0.974. The normalized spacial score (nSPS) is 13.4. The number of halogens is 2. The van der Waals surface area contributed by atoms with E-state index >= 15 is 0 Å². The lowest BCUT2D eigenvalue weighted by Crippen LogP contribution is -2.43. The van der Waals surface area contributed by atoms with Crippen molar-refractivity contribution in [3.8, 4) is 0 Å². The van der Waals surface area contributed by atoms with E-state index in [4.69, 9.17) is 26.3 Å². The summed E-state index contributed by atoms with van der Waals surface area (Å²) >= 11 is 12.8. The molecular weight excluding hydrogens is 239 g/mol. The van der Waals surface area contributed by atoms with Crippen molar-refractivity contribution in [3.05, 3.63) is 0 Å². The quantitative estimate of drug-likeness (QED) is 0.506. The molecule has 80 valence electrons. The summed E-state index contributed by atoms with van der Waals surface area (Å²) in [6.45, 7) is 8.39. The van der Waals surface area contributed by atoms with Gasteiger partial charge < -0.3 is 4.12 Å². The molecule has 0 aromatic heterocycles. The van der Waals surface area contributed by atoms with Gasteiger partial charge in [0.15, 0.2) is 0 Å². The molecule has 0 spiro atoms. The Morgan fingerprint density at radius 1 is 0.769 bits per heavy atom. The Bertz CT molecular complexity index is 131. The molecule has 0 aromatic carbocycles. The van der Waals surface area contributed by atoms with Crippen molar-refractivity contribution >= 4 is 37.4 Å². The first-order chi connectivity index (χ1) is 5.95. The van der Waals surface area contributed by atoms with E-state index in [1.54, 1.807) is 0 Å². The predicted molar refractivity (Wildman–Crippen MR) is 66.2 cm³/mol. The van der Waals surface area contributed by atoms with Crippen LogP contribution in [-0.4, -0.2) is 15.3 Å². The fourth-order valence-electron chi connectivity index (χ4n) is 1.12. The summed E-state index contributed by atoms with van der Waals surface area (Å²) in [5.74, 6) is 0. The summed E-state index contributed by atoms with van der Waals surface area (Å²) in [5, 5.41) is 0. The molecule has 13 heavy (non-hydrogen) atoms. The molecule has 0 unspecified atom stereocenters. The van der Waals surface area contributed by atoms with Gasteiger partial charge in [-0.25, -0.2) is 0 Å². The molecule has 0 heterocycles. The summed E-state index contributed by atoms with van der Waals surface area (Å²) < 4.78 is 6.03. The van der Waals surface area contributed by atoms with Crippen LogP contribution < -0.4 is 0 Å². The standard InChI is InChI=1S/C8H20Cl2OSi2/c1-5-12(9,6-2)11-13(10,7-3)8-4/h5-8H2,1-4H3. The van der Waals surface area contributed by atoms with Crippen LogP contribution in [0.15, 0.2) is 0 Å². The van der Waals surface area contributed by atoms with E-state index in [0.717, 1.165) is 24.2 Å². The van der Waals surface area contributed by atoms with Crippen LogP contribution in [0.2, 0.25) is 24.2 Å². The molecule has 0 atom stereocenters. The highest BCUT2D eigenvalue weighted by Crippen LogP contribution is 2.31. The van der Waals surface area contributed by atoms with E-state index in [0.29, 0.717) is 0 Å². The zero-order valence-corrected chi connectivity index (χ0v) is 12.5. The van der Waals surface area contributed by atoms with Gasteiger partial charge in [-0.05, 0) is 24.2 Å². The lowest BCUT2D eigenvalue weighted by Gasteiger charge is -2.32. The van der Waals surface area contributed by atoms with Crippen molar-refractivity contribution < 1.29 is 4.12 Å². The fraction of sp³-hybridized carbons (Fsp3) is 1.00. The third kappa shape index (κ3) is 4.34. The number of rotatable bonds is 6. The molecule has 0 aliphatic carbocycles. The van der Waals surface area contributed by atoms with Crippen molar-refractivity contribution in [2.24, 2.45) is 0 Å². The van der Waals surface area contributed by atoms with Crippen LogP contribution >= 0.6 is 22.2 Å². The second kappa shape index (κ2) is 5.76. The van der Waals surface area contributed by atoms with Gasteiger partial charge in [0, 0.05) is 0 Å². The van der Waals surface area contributed by atoms with E-state index < -0.39 is 15.3 Å². The van der Waals surface area contributed by atoms with E-state index in [-0.39, 0.29) is 0 Å². The molecule has 0 rings (SSSR count). The Morgan fingerprint density at radius 2 is 1.00 bits per heavy atom. The van der Waals surface area contributed by atoms with Gasteiger partial charge >= 0.3 is 0 Å². The summed E-state index contributed by atoms with van der Waals surface area (Å²) in [6.07, 6.45) is 0.